The van der Waals surface area contributed by atoms with Crippen molar-refractivity contribution in [3.8, 4) is 0 Å². The third-order valence-corrected chi connectivity index (χ3v) is 3.76. The van der Waals surface area contributed by atoms with Gasteiger partial charge in [0.05, 0.1) is 6.26 Å². The maximum absolute atomic E-state index is 11.8. The van der Waals surface area contributed by atoms with Crippen LogP contribution >= 0.6 is 0 Å². The van der Waals surface area contributed by atoms with Gasteiger partial charge >= 0.3 is 0 Å². The summed E-state index contributed by atoms with van der Waals surface area (Å²) in [5, 5.41) is 10.7. The molecular weight excluding hydrogens is 304 g/mol. The van der Waals surface area contributed by atoms with E-state index in [9.17, 15) is 18.3 Å². The summed E-state index contributed by atoms with van der Waals surface area (Å²) in [4.78, 5) is 11.8. The van der Waals surface area contributed by atoms with Gasteiger partial charge < -0.3 is 10.8 Å². The third-order valence-electron chi connectivity index (χ3n) is 3.15. The molecule has 1 unspecified atom stereocenters. The molecule has 0 saturated heterocycles. The standard InChI is InChI=1S/C15H16N2O4S/c1-22(20,21)17-13-9-7-12(8-10-13)15(19,14(16)18)11-5-3-2-4-6-11/h2-10,17,19H,1H3,(H2,16,18). The topological polar surface area (TPSA) is 109 Å². The number of amides is 1. The molecule has 0 heterocycles. The molecule has 1 amide bonds. The summed E-state index contributed by atoms with van der Waals surface area (Å²) in [6.45, 7) is 0. The Morgan fingerprint density at radius 2 is 1.55 bits per heavy atom. The number of carbonyl (C=O) groups is 1. The second-order valence-corrected chi connectivity index (χ2v) is 6.64. The number of aliphatic hydroxyl groups is 1. The molecule has 0 saturated carbocycles. The van der Waals surface area contributed by atoms with Crippen LogP contribution in [0.2, 0.25) is 0 Å². The fourth-order valence-corrected chi connectivity index (χ4v) is 2.69. The molecule has 0 aromatic heterocycles. The molecular formula is C15H16N2O4S. The number of rotatable bonds is 5. The minimum Gasteiger partial charge on any atom is -0.372 e. The van der Waals surface area contributed by atoms with Crippen LogP contribution in [-0.4, -0.2) is 25.7 Å². The number of hydrogen-bond acceptors (Lipinski definition) is 4. The summed E-state index contributed by atoms with van der Waals surface area (Å²) in [6, 6.07) is 14.1. The Labute approximate surface area is 128 Å². The van der Waals surface area contributed by atoms with Crippen LogP contribution in [0.3, 0.4) is 0 Å². The molecule has 0 spiro atoms. The van der Waals surface area contributed by atoms with Crippen molar-refractivity contribution < 1.29 is 18.3 Å². The lowest BCUT2D eigenvalue weighted by atomic mass is 9.85. The first-order chi connectivity index (χ1) is 10.2. The smallest absolute Gasteiger partial charge is 0.258 e. The van der Waals surface area contributed by atoms with E-state index < -0.39 is 21.5 Å². The summed E-state index contributed by atoms with van der Waals surface area (Å²) in [5.41, 5.74) is 4.31. The highest BCUT2D eigenvalue weighted by molar-refractivity contribution is 7.92. The summed E-state index contributed by atoms with van der Waals surface area (Å²) < 4.78 is 24.7. The first-order valence-corrected chi connectivity index (χ1v) is 8.29. The lowest BCUT2D eigenvalue weighted by Crippen LogP contribution is -2.42. The molecule has 2 aromatic rings. The summed E-state index contributed by atoms with van der Waals surface area (Å²) >= 11 is 0. The van der Waals surface area contributed by atoms with Gasteiger partial charge in [-0.1, -0.05) is 42.5 Å². The van der Waals surface area contributed by atoms with E-state index in [0.29, 0.717) is 11.3 Å². The number of carbonyl (C=O) groups excluding carboxylic acids is 1. The largest absolute Gasteiger partial charge is 0.372 e. The Morgan fingerprint density at radius 3 is 2.00 bits per heavy atom. The lowest BCUT2D eigenvalue weighted by Gasteiger charge is -2.25. The van der Waals surface area contributed by atoms with Crippen LogP contribution in [0.4, 0.5) is 5.69 Å². The highest BCUT2D eigenvalue weighted by Crippen LogP contribution is 2.30. The second-order valence-electron chi connectivity index (χ2n) is 4.89. The van der Waals surface area contributed by atoms with Crippen LogP contribution < -0.4 is 10.5 Å². The van der Waals surface area contributed by atoms with Gasteiger partial charge in [-0.3, -0.25) is 9.52 Å². The highest BCUT2D eigenvalue weighted by atomic mass is 32.2. The number of benzene rings is 2. The van der Waals surface area contributed by atoms with Gasteiger partial charge in [-0.15, -0.1) is 0 Å². The average molecular weight is 320 g/mol. The van der Waals surface area contributed by atoms with Crippen molar-refractivity contribution in [3.05, 3.63) is 65.7 Å². The fourth-order valence-electron chi connectivity index (χ4n) is 2.12. The van der Waals surface area contributed by atoms with Gasteiger partial charge in [-0.2, -0.15) is 0 Å². The van der Waals surface area contributed by atoms with Crippen LogP contribution in [0, 0.1) is 0 Å². The molecule has 7 heteroatoms. The van der Waals surface area contributed by atoms with E-state index in [-0.39, 0.29) is 5.56 Å². The van der Waals surface area contributed by atoms with Crippen molar-refractivity contribution >= 4 is 21.6 Å². The molecule has 4 N–H and O–H groups in total. The highest BCUT2D eigenvalue weighted by Gasteiger charge is 2.37. The maximum Gasteiger partial charge on any atom is 0.258 e. The molecule has 0 aliphatic carbocycles. The molecule has 116 valence electrons. The molecule has 0 aliphatic rings. The number of primary amides is 1. The Kier molecular flexibility index (Phi) is 4.20. The molecule has 0 fully saturated rings. The van der Waals surface area contributed by atoms with Crippen LogP contribution in [0.25, 0.3) is 0 Å². The summed E-state index contributed by atoms with van der Waals surface area (Å²) in [7, 11) is -3.40. The normalized spacial score (nSPS) is 14.1. The van der Waals surface area contributed by atoms with E-state index in [1.165, 1.54) is 24.3 Å². The van der Waals surface area contributed by atoms with Gasteiger partial charge in [0.1, 0.15) is 0 Å². The minimum absolute atomic E-state index is 0.255. The zero-order valence-corrected chi connectivity index (χ0v) is 12.7. The number of nitrogens with two attached hydrogens (primary N) is 1. The van der Waals surface area contributed by atoms with Crippen LogP contribution in [0.15, 0.2) is 54.6 Å². The van der Waals surface area contributed by atoms with E-state index in [1.54, 1.807) is 30.3 Å². The quantitative estimate of drug-likeness (QED) is 0.756. The number of sulfonamides is 1. The van der Waals surface area contributed by atoms with Crippen molar-refractivity contribution in [3.63, 3.8) is 0 Å². The van der Waals surface area contributed by atoms with Gasteiger partial charge in [-0.05, 0) is 23.3 Å². The number of anilines is 1. The Balaban J connectivity index is 2.45. The molecule has 0 bridgehead atoms. The van der Waals surface area contributed by atoms with Crippen molar-refractivity contribution in [2.45, 2.75) is 5.60 Å². The van der Waals surface area contributed by atoms with Crippen LogP contribution in [-0.2, 0) is 20.4 Å². The molecule has 6 nitrogen and oxygen atoms in total. The van der Waals surface area contributed by atoms with Gasteiger partial charge in [0.15, 0.2) is 5.60 Å². The van der Waals surface area contributed by atoms with Crippen molar-refractivity contribution in [2.24, 2.45) is 5.73 Å². The Morgan fingerprint density at radius 1 is 1.05 bits per heavy atom. The third kappa shape index (κ3) is 3.26. The molecule has 0 radical (unpaired) electrons. The van der Waals surface area contributed by atoms with Crippen molar-refractivity contribution in [1.82, 2.24) is 0 Å². The summed E-state index contributed by atoms with van der Waals surface area (Å²) in [5.74, 6) is -0.914. The monoisotopic (exact) mass is 320 g/mol. The first kappa shape index (κ1) is 16.0. The molecule has 1 atom stereocenters. The second kappa shape index (κ2) is 5.78. The first-order valence-electron chi connectivity index (χ1n) is 6.39. The maximum atomic E-state index is 11.8. The zero-order chi connectivity index (χ0) is 16.4. The van der Waals surface area contributed by atoms with Gasteiger partial charge in [0, 0.05) is 5.69 Å². The Bertz CT molecular complexity index is 773. The van der Waals surface area contributed by atoms with Crippen molar-refractivity contribution in [1.29, 1.82) is 0 Å². The van der Waals surface area contributed by atoms with Gasteiger partial charge in [-0.25, -0.2) is 8.42 Å². The van der Waals surface area contributed by atoms with E-state index in [1.807, 2.05) is 0 Å². The lowest BCUT2D eigenvalue weighted by molar-refractivity contribution is -0.133. The van der Waals surface area contributed by atoms with E-state index in [0.717, 1.165) is 6.26 Å². The number of hydrogen-bond donors (Lipinski definition) is 3. The molecule has 2 aromatic carbocycles. The fraction of sp³-hybridized carbons (Fsp3) is 0.133. The Hall–Kier alpha value is -2.38. The van der Waals surface area contributed by atoms with Crippen LogP contribution in [0.5, 0.6) is 0 Å². The van der Waals surface area contributed by atoms with Crippen molar-refractivity contribution in [2.75, 3.05) is 11.0 Å². The van der Waals surface area contributed by atoms with E-state index in [4.69, 9.17) is 5.73 Å². The van der Waals surface area contributed by atoms with Crippen LogP contribution in [0.1, 0.15) is 11.1 Å². The van der Waals surface area contributed by atoms with E-state index >= 15 is 0 Å². The summed E-state index contributed by atoms with van der Waals surface area (Å²) in [6.07, 6.45) is 1.03. The zero-order valence-electron chi connectivity index (χ0n) is 11.9. The molecule has 22 heavy (non-hydrogen) atoms. The average Bonchev–Trinajstić information content (AvgIpc) is 2.46. The predicted octanol–water partition coefficient (Wildman–Crippen LogP) is 0.779. The number of nitrogens with one attached hydrogen (secondary N) is 1. The van der Waals surface area contributed by atoms with E-state index in [2.05, 4.69) is 4.72 Å². The predicted molar refractivity (Wildman–Crippen MR) is 83.5 cm³/mol. The van der Waals surface area contributed by atoms with Gasteiger partial charge in [0.25, 0.3) is 5.91 Å². The molecule has 2 rings (SSSR count). The SMILES string of the molecule is CS(=O)(=O)Nc1ccc(C(O)(C(N)=O)c2ccccc2)cc1. The van der Waals surface area contributed by atoms with Gasteiger partial charge in [0.2, 0.25) is 10.0 Å². The minimum atomic E-state index is -3.40. The molecule has 0 aliphatic heterocycles.